The highest BCUT2D eigenvalue weighted by Gasteiger charge is 2.51. The third kappa shape index (κ3) is 22.1. The molecule has 6 aromatic rings. The molecule has 0 spiro atoms. The molecule has 21 nitrogen and oxygen atoms in total. The number of hydrogen-bond acceptors (Lipinski definition) is 17. The third-order valence-electron chi connectivity index (χ3n) is 14.9. The van der Waals surface area contributed by atoms with Crippen molar-refractivity contribution in [3.05, 3.63) is 167 Å². The summed E-state index contributed by atoms with van der Waals surface area (Å²) >= 11 is 0. The van der Waals surface area contributed by atoms with Crippen molar-refractivity contribution in [1.29, 1.82) is 0 Å². The van der Waals surface area contributed by atoms with Crippen molar-refractivity contribution in [1.82, 2.24) is 36.2 Å². The Morgan fingerprint density at radius 1 is 0.552 bits per heavy atom. The van der Waals surface area contributed by atoms with Crippen LogP contribution in [0.2, 0.25) is 0 Å². The summed E-state index contributed by atoms with van der Waals surface area (Å²) in [6, 6.07) is 26.7. The summed E-state index contributed by atoms with van der Waals surface area (Å²) in [7, 11) is 0. The maximum Gasteiger partial charge on any atom is 0.358 e. The van der Waals surface area contributed by atoms with E-state index in [4.69, 9.17) is 24.8 Å². The standard InChI is InChI=1S/C33H40N4O6.C28H37N3O4.C5H5NO3/c1-21(2)16-27(30(39)33(4)20-42-33)36-31(40)25(18-24-12-14-34-15-13-24)19-29(38)26(11-10-23-8-6-5-7-9-23)35-32(41)28-17-22(3)43-37-28;1-19(2)15-24(26(33)28(3)18-35-28)31-27(34)22(16-21-11-13-30-14-12-21)17-25(32)23(29)10-9-20-7-5-4-6-8-20;1-3-2-4(5(7)8)6-9-3/h5-9,12-15,17,21,25-27H,10-11,16,18-20H2,1-4H3,(H,35,41)(H,36,40);4-8,11-14,19,22-24H,9-10,15-18,29H2,1-3H3,(H,31,34);2H,1H3,(H,7,8)/t25-,26+,27+,33-;22-,23+,24+,28-;/m11./s1. The van der Waals surface area contributed by atoms with Gasteiger partial charge in [0.05, 0.1) is 37.4 Å². The number of nitrogens with one attached hydrogen (secondary N) is 3. The number of amides is 3. The second-order valence-electron chi connectivity index (χ2n) is 23.6. The fourth-order valence-corrected chi connectivity index (χ4v) is 9.69. The van der Waals surface area contributed by atoms with Crippen molar-refractivity contribution in [2.24, 2.45) is 29.4 Å². The van der Waals surface area contributed by atoms with Crippen LogP contribution in [0.5, 0.6) is 0 Å². The van der Waals surface area contributed by atoms with Crippen molar-refractivity contribution < 1.29 is 62.0 Å². The smallest absolute Gasteiger partial charge is 0.358 e. The molecule has 6 heterocycles. The number of carbonyl (C=O) groups excluding carboxylic acids is 7. The zero-order chi connectivity index (χ0) is 63.3. The average Bonchev–Trinajstić information content (AvgIpc) is 2.12. The first kappa shape index (κ1) is 67.7. The Morgan fingerprint density at radius 2 is 0.954 bits per heavy atom. The molecule has 0 saturated carbocycles. The maximum absolute atomic E-state index is 13.9. The molecule has 21 heteroatoms. The average molecular weight is 1200 g/mol. The number of Topliss-reactive ketones (excluding diaryl/α,β-unsaturated/α-hetero) is 4. The minimum absolute atomic E-state index is 0.0144. The van der Waals surface area contributed by atoms with Crippen LogP contribution in [-0.2, 0) is 63.9 Å². The summed E-state index contributed by atoms with van der Waals surface area (Å²) in [4.78, 5) is 111. The van der Waals surface area contributed by atoms with E-state index < -0.39 is 65.0 Å². The number of aryl methyl sites for hydroxylation is 4. The molecule has 6 N–H and O–H groups in total. The Morgan fingerprint density at radius 3 is 1.32 bits per heavy atom. The lowest BCUT2D eigenvalue weighted by Gasteiger charge is -2.25. The zero-order valence-electron chi connectivity index (χ0n) is 50.9. The van der Waals surface area contributed by atoms with Crippen LogP contribution in [0.4, 0.5) is 0 Å². The molecule has 4 aromatic heterocycles. The van der Waals surface area contributed by atoms with Crippen LogP contribution < -0.4 is 21.7 Å². The lowest BCUT2D eigenvalue weighted by molar-refractivity contribution is -0.134. The molecule has 2 aliphatic heterocycles. The van der Waals surface area contributed by atoms with E-state index in [1.54, 1.807) is 64.6 Å². The molecule has 2 aromatic carbocycles. The van der Waals surface area contributed by atoms with Gasteiger partial charge in [-0.25, -0.2) is 4.79 Å². The molecular formula is C66H82N8O13. The largest absolute Gasteiger partial charge is 0.476 e. The van der Waals surface area contributed by atoms with E-state index in [0.717, 1.165) is 22.3 Å². The predicted octanol–water partition coefficient (Wildman–Crippen LogP) is 7.55. The number of rotatable bonds is 31. The lowest BCUT2D eigenvalue weighted by Crippen LogP contribution is -2.49. The van der Waals surface area contributed by atoms with Gasteiger partial charge in [0.25, 0.3) is 5.91 Å². The van der Waals surface area contributed by atoms with Gasteiger partial charge in [0, 0.05) is 61.6 Å². The number of carbonyl (C=O) groups is 8. The lowest BCUT2D eigenvalue weighted by atomic mass is 9.88. The van der Waals surface area contributed by atoms with E-state index in [-0.39, 0.29) is 71.5 Å². The first-order valence-electron chi connectivity index (χ1n) is 29.5. The SMILES string of the molecule is CC(C)C[C@H](NC(=O)[C@@H](CC(=O)[C@@H](N)CCc1ccccc1)Cc1ccncc1)C(=O)[C@@]1(C)CO1.Cc1cc(C(=O)N[C@@H](CCc2ccccc2)C(=O)C[C@@H](Cc2ccncc2)C(=O)N[C@@H](CC(C)C)C(=O)[C@@]2(C)CO2)no1.Cc1cc(C(=O)O)no1. The zero-order valence-corrected chi connectivity index (χ0v) is 50.9. The highest BCUT2D eigenvalue weighted by atomic mass is 16.6. The van der Waals surface area contributed by atoms with Gasteiger partial charge in [-0.15, -0.1) is 0 Å². The predicted molar refractivity (Wildman–Crippen MR) is 322 cm³/mol. The van der Waals surface area contributed by atoms with Gasteiger partial charge in [0.1, 0.15) is 28.5 Å². The Bertz CT molecular complexity index is 3220. The number of hydrogen-bond donors (Lipinski definition) is 5. The van der Waals surface area contributed by atoms with E-state index in [0.29, 0.717) is 69.7 Å². The second-order valence-corrected chi connectivity index (χ2v) is 23.6. The van der Waals surface area contributed by atoms with Crippen LogP contribution in [0.3, 0.4) is 0 Å². The van der Waals surface area contributed by atoms with Crippen molar-refractivity contribution in [2.45, 2.75) is 155 Å². The monoisotopic (exact) mass is 1190 g/mol. The Balaban J connectivity index is 0.000000246. The number of nitrogens with two attached hydrogens (primary N) is 1. The van der Waals surface area contributed by atoms with Gasteiger partial charge < -0.3 is 45.3 Å². The number of ketones is 4. The Kier molecular flexibility index (Phi) is 25.2. The highest BCUT2D eigenvalue weighted by Crippen LogP contribution is 2.31. The van der Waals surface area contributed by atoms with Gasteiger partial charge in [-0.05, 0) is 137 Å². The van der Waals surface area contributed by atoms with Crippen molar-refractivity contribution in [3.63, 3.8) is 0 Å². The fourth-order valence-electron chi connectivity index (χ4n) is 9.69. The Labute approximate surface area is 507 Å². The molecule has 8 rings (SSSR count). The van der Waals surface area contributed by atoms with E-state index in [9.17, 15) is 38.4 Å². The molecule has 0 aliphatic carbocycles. The minimum atomic E-state index is -1.06. The van der Waals surface area contributed by atoms with E-state index in [1.807, 2.05) is 100 Å². The molecule has 3 amide bonds. The summed E-state index contributed by atoms with van der Waals surface area (Å²) in [6.45, 7) is 15.5. The van der Waals surface area contributed by atoms with Gasteiger partial charge in [-0.2, -0.15) is 0 Å². The molecule has 2 aliphatic rings. The molecule has 8 atom stereocenters. The van der Waals surface area contributed by atoms with E-state index in [2.05, 4.69) is 40.8 Å². The van der Waals surface area contributed by atoms with Crippen molar-refractivity contribution >= 4 is 46.8 Å². The number of pyridine rings is 2. The number of aromatic carboxylic acids is 1. The summed E-state index contributed by atoms with van der Waals surface area (Å²) in [5.74, 6) is -3.11. The molecule has 2 fully saturated rings. The second kappa shape index (κ2) is 32.4. The molecule has 0 radical (unpaired) electrons. The maximum atomic E-state index is 13.9. The van der Waals surface area contributed by atoms with Gasteiger partial charge in [-0.3, -0.25) is 43.5 Å². The highest BCUT2D eigenvalue weighted by molar-refractivity contribution is 6.00. The number of ether oxygens (including phenoxy) is 2. The summed E-state index contributed by atoms with van der Waals surface area (Å²) in [5.41, 5.74) is 8.39. The molecule has 0 bridgehead atoms. The van der Waals surface area contributed by atoms with E-state index in [1.165, 1.54) is 12.1 Å². The molecule has 464 valence electrons. The molecule has 87 heavy (non-hydrogen) atoms. The summed E-state index contributed by atoms with van der Waals surface area (Å²) in [5, 5.41) is 24.0. The summed E-state index contributed by atoms with van der Waals surface area (Å²) in [6.07, 6.45) is 10.1. The van der Waals surface area contributed by atoms with Gasteiger partial charge in [0.2, 0.25) is 11.8 Å². The van der Waals surface area contributed by atoms with Crippen LogP contribution in [0, 0.1) is 37.5 Å². The first-order valence-corrected chi connectivity index (χ1v) is 29.5. The van der Waals surface area contributed by atoms with Gasteiger partial charge >= 0.3 is 5.97 Å². The fraction of sp³-hybridized carbons (Fsp3) is 0.455. The molecular weight excluding hydrogens is 1110 g/mol. The third-order valence-corrected chi connectivity index (χ3v) is 14.9. The summed E-state index contributed by atoms with van der Waals surface area (Å²) < 4.78 is 20.3. The Hall–Kier alpha value is -8.40. The number of benzene rings is 2. The number of aromatic nitrogens is 4. The molecule has 2 saturated heterocycles. The van der Waals surface area contributed by atoms with Crippen LogP contribution in [0.25, 0.3) is 0 Å². The first-order chi connectivity index (χ1) is 41.4. The number of nitrogens with zero attached hydrogens (tertiary/aromatic N) is 4. The van der Waals surface area contributed by atoms with Crippen molar-refractivity contribution in [3.8, 4) is 0 Å². The molecule has 0 unspecified atom stereocenters. The van der Waals surface area contributed by atoms with Crippen LogP contribution in [0.1, 0.15) is 135 Å². The number of epoxide rings is 2. The topological polar surface area (TPSA) is 322 Å². The van der Waals surface area contributed by atoms with Crippen molar-refractivity contribution in [2.75, 3.05) is 13.2 Å². The van der Waals surface area contributed by atoms with Crippen LogP contribution >= 0.6 is 0 Å². The van der Waals surface area contributed by atoms with Crippen LogP contribution in [0.15, 0.2) is 131 Å². The van der Waals surface area contributed by atoms with Gasteiger partial charge in [0.15, 0.2) is 28.7 Å². The van der Waals surface area contributed by atoms with E-state index >= 15 is 0 Å². The van der Waals surface area contributed by atoms with Crippen LogP contribution in [-0.4, -0.2) is 121 Å². The quantitative estimate of drug-likeness (QED) is 0.0262. The number of carboxylic acid groups (broad SMARTS) is 1. The number of carboxylic acids is 1. The van der Waals surface area contributed by atoms with Gasteiger partial charge in [-0.1, -0.05) is 98.7 Å². The minimum Gasteiger partial charge on any atom is -0.476 e. The normalized spacial score (nSPS) is 17.7.